The Bertz CT molecular complexity index is 1570. The van der Waals surface area contributed by atoms with E-state index in [-0.39, 0.29) is 24.8 Å². The third-order valence-corrected chi connectivity index (χ3v) is 10.6. The van der Waals surface area contributed by atoms with Gasteiger partial charge in [-0.1, -0.05) is 0 Å². The molecule has 0 saturated carbocycles. The van der Waals surface area contributed by atoms with Crippen LogP contribution in [0.3, 0.4) is 0 Å². The first-order valence-corrected chi connectivity index (χ1v) is 13.4. The Morgan fingerprint density at radius 2 is 1.33 bits per heavy atom. The Morgan fingerprint density at radius 1 is 0.576 bits per heavy atom. The molecule has 3 heteroatoms. The Kier molecular flexibility index (Phi) is 6.08. The minimum Gasteiger partial charge on any atom is -1.00 e. The van der Waals surface area contributed by atoms with Crippen LogP contribution in [-0.2, 0) is 36.1 Å². The average Bonchev–Trinajstić information content (AvgIpc) is 3.41. The maximum atomic E-state index is 2.54. The van der Waals surface area contributed by atoms with E-state index in [4.69, 9.17) is 0 Å². The Hall–Kier alpha value is -2.18. The van der Waals surface area contributed by atoms with Crippen molar-refractivity contribution in [3.05, 3.63) is 119 Å². The van der Waals surface area contributed by atoms with Crippen LogP contribution < -0.4 is 28.1 Å². The van der Waals surface area contributed by atoms with Gasteiger partial charge >= 0.3 is 195 Å². The Labute approximate surface area is 218 Å². The van der Waals surface area contributed by atoms with Gasteiger partial charge in [0.15, 0.2) is 0 Å². The van der Waals surface area contributed by atoms with Gasteiger partial charge in [-0.05, 0) is 0 Å². The molecule has 0 amide bonds. The second-order valence-corrected chi connectivity index (χ2v) is 11.9. The molecular weight excluding hydrogens is 522 g/mol. The van der Waals surface area contributed by atoms with Gasteiger partial charge in [-0.25, -0.2) is 0 Å². The smallest absolute Gasteiger partial charge is 1.00 e. The number of allylic oxidation sites excluding steroid dienone is 1. The molecule has 0 unspecified atom stereocenters. The fourth-order valence-corrected chi connectivity index (χ4v) is 8.97. The molecule has 2 aliphatic rings. The van der Waals surface area contributed by atoms with Crippen molar-refractivity contribution >= 4 is 28.1 Å². The van der Waals surface area contributed by atoms with Crippen LogP contribution in [0.1, 0.15) is 22.3 Å². The molecule has 0 heterocycles. The summed E-state index contributed by atoms with van der Waals surface area (Å²) in [5.74, 6) is 0. The predicted molar refractivity (Wildman–Crippen MR) is 127 cm³/mol. The average molecular weight is 543 g/mol. The van der Waals surface area contributed by atoms with E-state index in [1.165, 1.54) is 43.8 Å². The third kappa shape index (κ3) is 3.53. The molecule has 0 fully saturated rings. The predicted octanol–water partition coefficient (Wildman–Crippen LogP) is 0.877. The molecule has 0 nitrogen and oxygen atoms in total. The van der Waals surface area contributed by atoms with Crippen molar-refractivity contribution in [1.82, 2.24) is 0 Å². The summed E-state index contributed by atoms with van der Waals surface area (Å²) < 4.78 is 3.30. The first kappa shape index (κ1) is 22.6. The van der Waals surface area contributed by atoms with E-state index in [1.807, 2.05) is 0 Å². The van der Waals surface area contributed by atoms with E-state index in [0.717, 1.165) is 12.8 Å². The number of fused-ring (bicyclic) bond motifs is 8. The van der Waals surface area contributed by atoms with Gasteiger partial charge in [-0.15, -0.1) is 0 Å². The summed E-state index contributed by atoms with van der Waals surface area (Å²) >= 11 is -0.884. The summed E-state index contributed by atoms with van der Waals surface area (Å²) in [6.07, 6.45) is 4.72. The molecule has 5 aromatic carbocycles. The number of hydrogen-bond acceptors (Lipinski definition) is 0. The summed E-state index contributed by atoms with van der Waals surface area (Å²) in [5.41, 5.74) is 9.05. The molecule has 2 aliphatic carbocycles. The second-order valence-electron chi connectivity index (χ2n) is 8.59. The van der Waals surface area contributed by atoms with Crippen molar-refractivity contribution in [2.75, 3.05) is 0 Å². The molecule has 7 rings (SSSR count). The van der Waals surface area contributed by atoms with Crippen molar-refractivity contribution < 1.29 is 48.0 Å². The van der Waals surface area contributed by atoms with Gasteiger partial charge in [0.05, 0.1) is 0 Å². The third-order valence-electron chi connectivity index (χ3n) is 6.94. The first-order valence-electron chi connectivity index (χ1n) is 11.0. The summed E-state index contributed by atoms with van der Waals surface area (Å²) in [4.78, 5) is 0. The van der Waals surface area contributed by atoms with Gasteiger partial charge in [0.2, 0.25) is 0 Å². The van der Waals surface area contributed by atoms with Crippen molar-refractivity contribution in [2.45, 2.75) is 12.8 Å². The monoisotopic (exact) mass is 540 g/mol. The molecule has 0 radical (unpaired) electrons. The number of benzene rings is 5. The van der Waals surface area contributed by atoms with E-state index in [9.17, 15) is 0 Å². The fraction of sp³-hybridized carbons (Fsp3) is 0.0667. The zero-order chi connectivity index (χ0) is 20.4. The van der Waals surface area contributed by atoms with E-state index in [0.29, 0.717) is 0 Å². The normalized spacial score (nSPS) is 12.8. The molecule has 5 aromatic rings. The SMILES string of the molecule is C1=[C]([Zr+2][c]2cccc3c2Cc2ccccc2-3)c2ccc3ccc4ccccc4c3c2C1.[Cl-].[Cl-]. The van der Waals surface area contributed by atoms with E-state index in [2.05, 4.69) is 97.1 Å². The van der Waals surface area contributed by atoms with Crippen molar-refractivity contribution in [3.8, 4) is 11.1 Å². The van der Waals surface area contributed by atoms with Crippen LogP contribution in [0.5, 0.6) is 0 Å². The van der Waals surface area contributed by atoms with E-state index in [1.54, 1.807) is 17.7 Å². The van der Waals surface area contributed by atoms with Gasteiger partial charge in [0.1, 0.15) is 0 Å². The van der Waals surface area contributed by atoms with Gasteiger partial charge in [0.25, 0.3) is 0 Å². The van der Waals surface area contributed by atoms with Gasteiger partial charge in [0, 0.05) is 0 Å². The molecule has 158 valence electrons. The summed E-state index contributed by atoms with van der Waals surface area (Å²) in [6.45, 7) is 0. The topological polar surface area (TPSA) is 0 Å². The molecule has 0 aliphatic heterocycles. The molecule has 0 atom stereocenters. The van der Waals surface area contributed by atoms with Crippen LogP contribution in [0, 0.1) is 0 Å². The minimum atomic E-state index is -0.884. The number of rotatable bonds is 2. The van der Waals surface area contributed by atoms with Crippen LogP contribution in [0.4, 0.5) is 0 Å². The molecule has 0 saturated heterocycles. The van der Waals surface area contributed by atoms with Crippen LogP contribution in [0.25, 0.3) is 36.0 Å². The standard InChI is InChI=1S/C17H11.C13H9.2ClH.Zr/c1-2-6-15-12(4-1)8-10-14-11-9-13-5-3-7-16(13)17(14)15;1-3-7-12-10(5-1)9-11-6-2-4-8-13(11)12;;;/h1-4,6,8-11H,7H2;1-5,7-8H,9H2;2*1H;/q;;;;+2/p-2. The molecule has 0 spiro atoms. The zero-order valence-electron chi connectivity index (χ0n) is 17.9. The van der Waals surface area contributed by atoms with Gasteiger partial charge < -0.3 is 24.8 Å². The maximum Gasteiger partial charge on any atom is -1.00 e. The van der Waals surface area contributed by atoms with Crippen molar-refractivity contribution in [2.24, 2.45) is 0 Å². The Balaban J connectivity index is 0.00000114. The second kappa shape index (κ2) is 8.88. The molecule has 33 heavy (non-hydrogen) atoms. The number of hydrogen-bond donors (Lipinski definition) is 0. The summed E-state index contributed by atoms with van der Waals surface area (Å²) in [7, 11) is 0. The van der Waals surface area contributed by atoms with E-state index >= 15 is 0 Å². The quantitative estimate of drug-likeness (QED) is 0.285. The summed E-state index contributed by atoms with van der Waals surface area (Å²) in [6, 6.07) is 34.1. The van der Waals surface area contributed by atoms with Crippen LogP contribution in [0.15, 0.2) is 97.1 Å². The van der Waals surface area contributed by atoms with Crippen LogP contribution in [0.2, 0.25) is 0 Å². The van der Waals surface area contributed by atoms with Gasteiger partial charge in [-0.2, -0.15) is 0 Å². The largest absolute Gasteiger partial charge is 1.00 e. The van der Waals surface area contributed by atoms with E-state index < -0.39 is 23.2 Å². The van der Waals surface area contributed by atoms with Crippen LogP contribution in [-0.4, -0.2) is 0 Å². The number of halogens is 2. The summed E-state index contributed by atoms with van der Waals surface area (Å²) in [5, 5.41) is 5.57. The van der Waals surface area contributed by atoms with Crippen molar-refractivity contribution in [3.63, 3.8) is 0 Å². The maximum absolute atomic E-state index is 2.54. The molecule has 0 bridgehead atoms. The first-order chi connectivity index (χ1) is 15.4. The fourth-order valence-electron chi connectivity index (χ4n) is 5.49. The van der Waals surface area contributed by atoms with Gasteiger partial charge in [-0.3, -0.25) is 0 Å². The van der Waals surface area contributed by atoms with Crippen LogP contribution >= 0.6 is 0 Å². The Morgan fingerprint density at radius 3 is 2.27 bits per heavy atom. The minimum absolute atomic E-state index is 0. The molecular formula is C30H20Cl2Zr. The molecule has 0 aromatic heterocycles. The zero-order valence-corrected chi connectivity index (χ0v) is 21.9. The molecule has 0 N–H and O–H groups in total. The van der Waals surface area contributed by atoms with Crippen molar-refractivity contribution in [1.29, 1.82) is 0 Å².